The van der Waals surface area contributed by atoms with E-state index < -0.39 is 24.8 Å². The van der Waals surface area contributed by atoms with Crippen LogP contribution < -0.4 is 0 Å². The molecule has 0 aromatic rings. The van der Waals surface area contributed by atoms with Gasteiger partial charge in [-0.1, -0.05) is 22.3 Å². The Hall–Kier alpha value is -0.900. The maximum Gasteiger partial charge on any atom is 0.310 e. The van der Waals surface area contributed by atoms with E-state index >= 15 is 0 Å². The fourth-order valence-corrected chi connectivity index (χ4v) is 0.225. The summed E-state index contributed by atoms with van der Waals surface area (Å²) in [6.45, 7) is -0.688. The Bertz CT molecular complexity index is 109. The third kappa shape index (κ3) is 17.6. The molecule has 0 bridgehead atoms. The van der Waals surface area contributed by atoms with Gasteiger partial charge in [-0.2, -0.15) is 0 Å². The number of rotatable bonds is 3. The fourth-order valence-electron chi connectivity index (χ4n) is 0.225. The van der Waals surface area contributed by atoms with Crippen molar-refractivity contribution in [2.75, 3.05) is 6.61 Å². The monoisotopic (exact) mass is 166 g/mol. The molecule has 0 unspecified atom stereocenters. The average molecular weight is 166 g/mol. The van der Waals surface area contributed by atoms with Gasteiger partial charge in [0.1, 0.15) is 13.0 Å². The molecule has 0 aliphatic rings. The minimum absolute atomic E-state index is 0. The molecular weight excluding hydrogens is 148 g/mol. The van der Waals surface area contributed by atoms with Crippen molar-refractivity contribution in [3.63, 3.8) is 0 Å². The number of carboxylic acids is 1. The summed E-state index contributed by atoms with van der Waals surface area (Å²) in [6.07, 6.45) is -0.587. The number of aliphatic carboxylic acids is 1. The van der Waals surface area contributed by atoms with Crippen LogP contribution in [-0.2, 0) is 9.59 Å². The lowest BCUT2D eigenvalue weighted by Crippen LogP contribution is -2.09. The Morgan fingerprint density at radius 2 is 1.45 bits per heavy atom. The zero-order valence-corrected chi connectivity index (χ0v) is 4.13. The number of carbonyl (C=O) groups is 2. The van der Waals surface area contributed by atoms with Crippen LogP contribution in [0.15, 0.2) is 0 Å². The second-order valence-electron chi connectivity index (χ2n) is 1.27. The highest BCUT2D eigenvalue weighted by Crippen LogP contribution is 1.79. The summed E-state index contributed by atoms with van der Waals surface area (Å²) in [5, 5.41) is 15.9. The van der Waals surface area contributed by atoms with Crippen molar-refractivity contribution in [2.24, 2.45) is 0 Å². The molecular formula is C7H18O4. The largest absolute Gasteiger partial charge is 0.481 e. The van der Waals surface area contributed by atoms with E-state index in [9.17, 15) is 9.59 Å². The summed E-state index contributed by atoms with van der Waals surface area (Å²) in [5.74, 6) is -1.87. The second-order valence-corrected chi connectivity index (χ2v) is 1.27. The molecule has 70 valence electrons. The SMILES string of the molecule is C.C.C.O=C(O)CC(=O)CO. The molecule has 2 N–H and O–H groups in total. The van der Waals surface area contributed by atoms with E-state index in [1.807, 2.05) is 0 Å². The van der Waals surface area contributed by atoms with E-state index in [4.69, 9.17) is 10.2 Å². The minimum Gasteiger partial charge on any atom is -0.481 e. The van der Waals surface area contributed by atoms with Gasteiger partial charge in [-0.05, 0) is 0 Å². The van der Waals surface area contributed by atoms with Crippen LogP contribution in [0.4, 0.5) is 0 Å². The summed E-state index contributed by atoms with van der Waals surface area (Å²) >= 11 is 0. The zero-order valence-electron chi connectivity index (χ0n) is 4.13. The van der Waals surface area contributed by atoms with Crippen LogP contribution >= 0.6 is 0 Å². The topological polar surface area (TPSA) is 74.6 Å². The molecule has 4 nitrogen and oxygen atoms in total. The van der Waals surface area contributed by atoms with Crippen LogP contribution in [0.3, 0.4) is 0 Å². The first-order chi connectivity index (χ1) is 3.66. The van der Waals surface area contributed by atoms with E-state index in [0.29, 0.717) is 0 Å². The lowest BCUT2D eigenvalue weighted by Gasteiger charge is -1.86. The highest BCUT2D eigenvalue weighted by Gasteiger charge is 2.03. The predicted octanol–water partition coefficient (Wildman–Crippen LogP) is 0.931. The van der Waals surface area contributed by atoms with Crippen molar-refractivity contribution < 1.29 is 19.8 Å². The molecule has 11 heavy (non-hydrogen) atoms. The summed E-state index contributed by atoms with van der Waals surface area (Å²) in [5.41, 5.74) is 0. The Labute approximate surface area is 67.9 Å². The van der Waals surface area contributed by atoms with Crippen LogP contribution in [0.25, 0.3) is 0 Å². The molecule has 0 spiro atoms. The van der Waals surface area contributed by atoms with Crippen molar-refractivity contribution in [3.05, 3.63) is 0 Å². The van der Waals surface area contributed by atoms with E-state index in [0.717, 1.165) is 0 Å². The highest BCUT2D eigenvalue weighted by molar-refractivity contribution is 5.95. The van der Waals surface area contributed by atoms with Crippen LogP contribution in [0, 0.1) is 0 Å². The van der Waals surface area contributed by atoms with Crippen molar-refractivity contribution in [1.29, 1.82) is 0 Å². The maximum atomic E-state index is 9.99. The van der Waals surface area contributed by atoms with Gasteiger partial charge in [0.05, 0.1) is 0 Å². The van der Waals surface area contributed by atoms with Gasteiger partial charge in [0, 0.05) is 0 Å². The zero-order chi connectivity index (χ0) is 6.57. The first kappa shape index (κ1) is 22.5. The molecule has 0 saturated heterocycles. The van der Waals surface area contributed by atoms with Gasteiger partial charge in [-0.25, -0.2) is 0 Å². The van der Waals surface area contributed by atoms with Crippen molar-refractivity contribution in [1.82, 2.24) is 0 Å². The first-order valence-electron chi connectivity index (χ1n) is 2.01. The third-order valence-electron chi connectivity index (χ3n) is 0.525. The molecule has 0 aliphatic heterocycles. The highest BCUT2D eigenvalue weighted by atomic mass is 16.4. The van der Waals surface area contributed by atoms with Gasteiger partial charge in [0.25, 0.3) is 0 Å². The summed E-state index contributed by atoms with van der Waals surface area (Å²) in [7, 11) is 0. The normalized spacial score (nSPS) is 6.27. The van der Waals surface area contributed by atoms with Gasteiger partial charge in [0.15, 0.2) is 5.78 Å². The number of aliphatic hydroxyl groups is 1. The standard InChI is InChI=1S/C4H6O4.3CH4/c5-2-3(6)1-4(7)8;;;/h5H,1-2H2,(H,7,8);3*1H4. The number of hydrogen-bond donors (Lipinski definition) is 2. The Balaban J connectivity index is -0.0000000817. The van der Waals surface area contributed by atoms with Gasteiger partial charge in [0.2, 0.25) is 0 Å². The number of Topliss-reactive ketones (excluding diaryl/α,β-unsaturated/α-hetero) is 1. The fraction of sp³-hybridized carbons (Fsp3) is 0.714. The molecule has 0 aromatic heterocycles. The number of ketones is 1. The molecule has 0 aromatic carbocycles. The van der Waals surface area contributed by atoms with Crippen molar-refractivity contribution >= 4 is 11.8 Å². The predicted molar refractivity (Wildman–Crippen MR) is 44.5 cm³/mol. The lowest BCUT2D eigenvalue weighted by molar-refractivity contribution is -0.140. The molecule has 4 heteroatoms. The number of hydrogen-bond acceptors (Lipinski definition) is 3. The molecule has 0 rings (SSSR count). The van der Waals surface area contributed by atoms with Crippen LogP contribution in [0.2, 0.25) is 0 Å². The maximum absolute atomic E-state index is 9.99. The molecule has 0 saturated carbocycles. The molecule has 0 fully saturated rings. The van der Waals surface area contributed by atoms with E-state index in [1.165, 1.54) is 0 Å². The lowest BCUT2D eigenvalue weighted by atomic mass is 10.3. The average Bonchev–Trinajstić information content (AvgIpc) is 1.65. The molecule has 0 heterocycles. The van der Waals surface area contributed by atoms with E-state index in [2.05, 4.69) is 0 Å². The summed E-state index contributed by atoms with van der Waals surface area (Å²) in [4.78, 5) is 19.6. The van der Waals surface area contributed by atoms with Crippen LogP contribution in [0.1, 0.15) is 28.7 Å². The Morgan fingerprint density at radius 1 is 1.09 bits per heavy atom. The Morgan fingerprint density at radius 3 is 1.55 bits per heavy atom. The summed E-state index contributed by atoms with van der Waals surface area (Å²) < 4.78 is 0. The molecule has 0 radical (unpaired) electrons. The molecule has 0 amide bonds. The van der Waals surface area contributed by atoms with Crippen LogP contribution in [-0.4, -0.2) is 28.6 Å². The minimum atomic E-state index is -1.20. The quantitative estimate of drug-likeness (QED) is 0.611. The van der Waals surface area contributed by atoms with Gasteiger partial charge in [-0.3, -0.25) is 9.59 Å². The third-order valence-corrected chi connectivity index (χ3v) is 0.525. The van der Waals surface area contributed by atoms with Gasteiger partial charge < -0.3 is 10.2 Å². The van der Waals surface area contributed by atoms with E-state index in [-0.39, 0.29) is 22.3 Å². The van der Waals surface area contributed by atoms with Crippen molar-refractivity contribution in [2.45, 2.75) is 28.7 Å². The van der Waals surface area contributed by atoms with Gasteiger partial charge in [-0.15, -0.1) is 0 Å². The smallest absolute Gasteiger partial charge is 0.310 e. The second kappa shape index (κ2) is 11.8. The first-order valence-corrected chi connectivity index (χ1v) is 2.01. The molecule has 0 atom stereocenters. The van der Waals surface area contributed by atoms with Gasteiger partial charge >= 0.3 is 5.97 Å². The molecule has 0 aliphatic carbocycles. The summed E-state index contributed by atoms with van der Waals surface area (Å²) in [6, 6.07) is 0. The van der Waals surface area contributed by atoms with Crippen LogP contribution in [0.5, 0.6) is 0 Å². The number of carboxylic acid groups (broad SMARTS) is 1. The number of carbonyl (C=O) groups excluding carboxylic acids is 1. The van der Waals surface area contributed by atoms with E-state index in [1.54, 1.807) is 0 Å². The Kier molecular flexibility index (Phi) is 24.2. The van der Waals surface area contributed by atoms with Crippen molar-refractivity contribution in [3.8, 4) is 0 Å². The number of aliphatic hydroxyl groups excluding tert-OH is 1.